The minimum atomic E-state index is -1.02. The van der Waals surface area contributed by atoms with Gasteiger partial charge in [0.05, 0.1) is 6.10 Å². The summed E-state index contributed by atoms with van der Waals surface area (Å²) < 4.78 is 5.13. The van der Waals surface area contributed by atoms with Crippen LogP contribution in [0.5, 0.6) is 0 Å². The maximum Gasteiger partial charge on any atom is 0.354 e. The number of nitrogens with zero attached hydrogens (tertiary/aromatic N) is 2. The molecule has 0 saturated carbocycles. The average Bonchev–Trinajstić information content (AvgIpc) is 2.28. The molecule has 0 aliphatic heterocycles. The number of pyridine rings is 1. The number of likely N-dealkylation sites (N-methyl/N-ethyl adjacent to an activating group) is 1. The van der Waals surface area contributed by atoms with Crippen molar-refractivity contribution in [1.29, 1.82) is 0 Å². The molecule has 5 nitrogen and oxygen atoms in total. The van der Waals surface area contributed by atoms with E-state index in [1.807, 2.05) is 18.9 Å². The molecule has 0 saturated heterocycles. The van der Waals surface area contributed by atoms with E-state index in [1.54, 1.807) is 19.2 Å². The summed E-state index contributed by atoms with van der Waals surface area (Å²) in [5.74, 6) is -0.390. The molecule has 0 bridgehead atoms. The van der Waals surface area contributed by atoms with E-state index in [0.717, 1.165) is 0 Å². The van der Waals surface area contributed by atoms with Gasteiger partial charge in [0, 0.05) is 20.7 Å². The molecule has 1 unspecified atom stereocenters. The number of carboxylic acid groups (broad SMARTS) is 1. The van der Waals surface area contributed by atoms with E-state index in [4.69, 9.17) is 9.84 Å². The van der Waals surface area contributed by atoms with Crippen LogP contribution in [0, 0.1) is 0 Å². The third kappa shape index (κ3) is 3.20. The third-order valence-electron chi connectivity index (χ3n) is 2.28. The van der Waals surface area contributed by atoms with Gasteiger partial charge in [-0.05, 0) is 19.1 Å². The molecule has 0 fully saturated rings. The van der Waals surface area contributed by atoms with Crippen LogP contribution in [0.2, 0.25) is 0 Å². The lowest BCUT2D eigenvalue weighted by Crippen LogP contribution is -2.29. The summed E-state index contributed by atoms with van der Waals surface area (Å²) in [6.07, 6.45) is 0.0697. The number of methoxy groups -OCH3 is 1. The molecule has 0 aromatic carbocycles. The van der Waals surface area contributed by atoms with Crippen molar-refractivity contribution in [3.05, 3.63) is 23.9 Å². The van der Waals surface area contributed by atoms with Crippen molar-refractivity contribution in [1.82, 2.24) is 4.98 Å². The van der Waals surface area contributed by atoms with E-state index in [1.165, 1.54) is 6.07 Å². The van der Waals surface area contributed by atoms with Gasteiger partial charge in [0.15, 0.2) is 5.69 Å². The van der Waals surface area contributed by atoms with Crippen molar-refractivity contribution >= 4 is 11.8 Å². The maximum absolute atomic E-state index is 10.7. The highest BCUT2D eigenvalue weighted by Gasteiger charge is 2.10. The fraction of sp³-hybridized carbons (Fsp3) is 0.455. The Bertz CT molecular complexity index is 368. The number of ether oxygens (including phenoxy) is 1. The number of carboxylic acids is 1. The first kappa shape index (κ1) is 12.4. The third-order valence-corrected chi connectivity index (χ3v) is 2.28. The van der Waals surface area contributed by atoms with Gasteiger partial charge < -0.3 is 14.7 Å². The largest absolute Gasteiger partial charge is 0.477 e. The van der Waals surface area contributed by atoms with Crippen molar-refractivity contribution in [2.24, 2.45) is 0 Å². The molecule has 1 aromatic rings. The molecule has 0 amide bonds. The Kier molecular flexibility index (Phi) is 4.25. The smallest absolute Gasteiger partial charge is 0.354 e. The van der Waals surface area contributed by atoms with Gasteiger partial charge in [0.1, 0.15) is 5.82 Å². The molecule has 0 radical (unpaired) electrons. The van der Waals surface area contributed by atoms with Crippen molar-refractivity contribution in [2.75, 3.05) is 25.6 Å². The predicted octanol–water partition coefficient (Wildman–Crippen LogP) is 1.25. The van der Waals surface area contributed by atoms with Crippen molar-refractivity contribution in [2.45, 2.75) is 13.0 Å². The molecule has 0 spiro atoms. The van der Waals surface area contributed by atoms with Crippen LogP contribution < -0.4 is 4.90 Å². The van der Waals surface area contributed by atoms with Crippen LogP contribution in [0.25, 0.3) is 0 Å². The monoisotopic (exact) mass is 224 g/mol. The van der Waals surface area contributed by atoms with E-state index >= 15 is 0 Å². The summed E-state index contributed by atoms with van der Waals surface area (Å²) in [6, 6.07) is 4.92. The van der Waals surface area contributed by atoms with Crippen LogP contribution in [0.4, 0.5) is 5.82 Å². The van der Waals surface area contributed by atoms with Gasteiger partial charge in [0.2, 0.25) is 0 Å². The van der Waals surface area contributed by atoms with Gasteiger partial charge in [-0.15, -0.1) is 0 Å². The SMILES string of the molecule is COC(C)CN(C)c1cccc(C(=O)O)n1. The number of hydrogen-bond donors (Lipinski definition) is 1. The van der Waals surface area contributed by atoms with Crippen LogP contribution in [0.15, 0.2) is 18.2 Å². The normalized spacial score (nSPS) is 12.2. The molecule has 88 valence electrons. The second-order valence-electron chi connectivity index (χ2n) is 3.61. The highest BCUT2D eigenvalue weighted by atomic mass is 16.5. The van der Waals surface area contributed by atoms with Crippen molar-refractivity contribution in [3.63, 3.8) is 0 Å². The molecule has 1 atom stereocenters. The topological polar surface area (TPSA) is 62.7 Å². The summed E-state index contributed by atoms with van der Waals surface area (Å²) in [5, 5.41) is 8.81. The number of anilines is 1. The molecule has 1 aromatic heterocycles. The van der Waals surface area contributed by atoms with E-state index in [0.29, 0.717) is 12.4 Å². The Labute approximate surface area is 94.7 Å². The van der Waals surface area contributed by atoms with Crippen molar-refractivity contribution < 1.29 is 14.6 Å². The van der Waals surface area contributed by atoms with Gasteiger partial charge in [-0.1, -0.05) is 6.07 Å². The lowest BCUT2D eigenvalue weighted by molar-refractivity contribution is 0.0690. The van der Waals surface area contributed by atoms with Gasteiger partial charge in [0.25, 0.3) is 0 Å². The predicted molar refractivity (Wildman–Crippen MR) is 60.9 cm³/mol. The zero-order valence-electron chi connectivity index (χ0n) is 9.67. The first-order chi connectivity index (χ1) is 7.54. The second kappa shape index (κ2) is 5.46. The van der Waals surface area contributed by atoms with Gasteiger partial charge in [-0.3, -0.25) is 0 Å². The summed E-state index contributed by atoms with van der Waals surface area (Å²) in [6.45, 7) is 2.60. The summed E-state index contributed by atoms with van der Waals surface area (Å²) in [5.41, 5.74) is 0.0504. The Hall–Kier alpha value is -1.62. The quantitative estimate of drug-likeness (QED) is 0.815. The Morgan fingerprint density at radius 1 is 1.62 bits per heavy atom. The molecular formula is C11H16N2O3. The van der Waals surface area contributed by atoms with Crippen LogP contribution in [0.3, 0.4) is 0 Å². The number of hydrogen-bond acceptors (Lipinski definition) is 4. The number of aromatic carboxylic acids is 1. The summed E-state index contributed by atoms with van der Waals surface area (Å²) >= 11 is 0. The standard InChI is InChI=1S/C11H16N2O3/c1-8(16-3)7-13(2)10-6-4-5-9(12-10)11(14)15/h4-6,8H,7H2,1-3H3,(H,14,15). The fourth-order valence-corrected chi connectivity index (χ4v) is 1.31. The minimum absolute atomic E-state index is 0.0504. The lowest BCUT2D eigenvalue weighted by Gasteiger charge is -2.21. The zero-order chi connectivity index (χ0) is 12.1. The van der Waals surface area contributed by atoms with Crippen LogP contribution in [-0.4, -0.2) is 42.9 Å². The van der Waals surface area contributed by atoms with Crippen molar-refractivity contribution in [3.8, 4) is 0 Å². The molecular weight excluding hydrogens is 208 g/mol. The number of carbonyl (C=O) groups is 1. The van der Waals surface area contributed by atoms with Crippen LogP contribution in [0.1, 0.15) is 17.4 Å². The summed E-state index contributed by atoms with van der Waals surface area (Å²) in [7, 11) is 3.49. The van der Waals surface area contributed by atoms with Crippen LogP contribution in [-0.2, 0) is 4.74 Å². The second-order valence-corrected chi connectivity index (χ2v) is 3.61. The molecule has 5 heteroatoms. The number of rotatable bonds is 5. The van der Waals surface area contributed by atoms with Gasteiger partial charge in [-0.25, -0.2) is 9.78 Å². The maximum atomic E-state index is 10.7. The molecule has 1 rings (SSSR count). The van der Waals surface area contributed by atoms with Gasteiger partial charge >= 0.3 is 5.97 Å². The molecule has 1 N–H and O–H groups in total. The first-order valence-corrected chi connectivity index (χ1v) is 4.99. The molecule has 1 heterocycles. The Morgan fingerprint density at radius 2 is 2.31 bits per heavy atom. The average molecular weight is 224 g/mol. The molecule has 16 heavy (non-hydrogen) atoms. The van der Waals surface area contributed by atoms with Crippen LogP contribution >= 0.6 is 0 Å². The minimum Gasteiger partial charge on any atom is -0.477 e. The molecule has 0 aliphatic carbocycles. The Morgan fingerprint density at radius 3 is 2.88 bits per heavy atom. The van der Waals surface area contributed by atoms with E-state index < -0.39 is 5.97 Å². The summed E-state index contributed by atoms with van der Waals surface area (Å²) in [4.78, 5) is 16.6. The lowest BCUT2D eigenvalue weighted by atomic mass is 10.3. The Balaban J connectivity index is 2.79. The highest BCUT2D eigenvalue weighted by Crippen LogP contribution is 2.10. The van der Waals surface area contributed by atoms with E-state index in [-0.39, 0.29) is 11.8 Å². The van der Waals surface area contributed by atoms with Gasteiger partial charge in [-0.2, -0.15) is 0 Å². The van der Waals surface area contributed by atoms with E-state index in [2.05, 4.69) is 4.98 Å². The van der Waals surface area contributed by atoms with E-state index in [9.17, 15) is 4.79 Å². The fourth-order valence-electron chi connectivity index (χ4n) is 1.31. The number of aromatic nitrogens is 1. The zero-order valence-corrected chi connectivity index (χ0v) is 9.67. The molecule has 0 aliphatic rings. The first-order valence-electron chi connectivity index (χ1n) is 4.99. The highest BCUT2D eigenvalue weighted by molar-refractivity contribution is 5.85.